The summed E-state index contributed by atoms with van der Waals surface area (Å²) < 4.78 is 6.38. The minimum absolute atomic E-state index is 0.0507. The van der Waals surface area contributed by atoms with Crippen LogP contribution in [0.25, 0.3) is 0 Å². The van der Waals surface area contributed by atoms with E-state index in [2.05, 4.69) is 34.6 Å². The number of hydrogen-bond donors (Lipinski definition) is 1. The van der Waals surface area contributed by atoms with E-state index in [-0.39, 0.29) is 22.7 Å². The SMILES string of the molecule is CC[C@]1(CCC(C)(C)C)CC[C@@]2(C)[C@]3(C)CC[C@H]4[C@](C)(C(N)=O)C(=O)C(C#N)=C[C@]4(C)C3=CC(=O)[C@@]2(C)OC1=O. The zero-order valence-electron chi connectivity index (χ0n) is 25.7. The van der Waals surface area contributed by atoms with E-state index in [9.17, 15) is 24.4 Å². The monoisotopic (exact) mass is 550 g/mol. The fourth-order valence-electron chi connectivity index (χ4n) is 8.74. The molecule has 0 aromatic carbocycles. The van der Waals surface area contributed by atoms with E-state index in [1.807, 2.05) is 19.9 Å². The molecule has 7 heteroatoms. The molecule has 0 radical (unpaired) electrons. The number of ketones is 2. The normalized spacial score (nSPS) is 43.2. The van der Waals surface area contributed by atoms with Crippen molar-refractivity contribution in [1.29, 1.82) is 5.26 Å². The molecule has 0 unspecified atom stereocenters. The summed E-state index contributed by atoms with van der Waals surface area (Å²) in [7, 11) is 0. The van der Waals surface area contributed by atoms with Crippen LogP contribution in [0.1, 0.15) is 107 Å². The lowest BCUT2D eigenvalue weighted by atomic mass is 9.38. The summed E-state index contributed by atoms with van der Waals surface area (Å²) in [6.45, 7) is 18.0. The van der Waals surface area contributed by atoms with Gasteiger partial charge in [-0.05, 0) is 87.2 Å². The van der Waals surface area contributed by atoms with Crippen LogP contribution in [0.4, 0.5) is 0 Å². The number of carbonyl (C=O) groups is 4. The maximum Gasteiger partial charge on any atom is 0.313 e. The van der Waals surface area contributed by atoms with Crippen molar-refractivity contribution in [1.82, 2.24) is 0 Å². The molecule has 0 aromatic rings. The van der Waals surface area contributed by atoms with Crippen molar-refractivity contribution in [2.24, 2.45) is 44.1 Å². The second-order valence-corrected chi connectivity index (χ2v) is 15.1. The Morgan fingerprint density at radius 1 is 1.10 bits per heavy atom. The summed E-state index contributed by atoms with van der Waals surface area (Å²) in [6, 6.07) is 2.00. The largest absolute Gasteiger partial charge is 0.450 e. The first-order valence-corrected chi connectivity index (χ1v) is 14.7. The Kier molecular flexibility index (Phi) is 6.70. The molecular formula is C33H46N2O5. The van der Waals surface area contributed by atoms with Gasteiger partial charge in [0.1, 0.15) is 11.5 Å². The first kappa shape index (κ1) is 30.2. The van der Waals surface area contributed by atoms with Gasteiger partial charge < -0.3 is 10.5 Å². The number of Topliss-reactive ketones (excluding diaryl/α,β-unsaturated/α-hetero) is 1. The quantitative estimate of drug-likeness (QED) is 0.350. The molecule has 3 aliphatic carbocycles. The minimum atomic E-state index is -1.57. The van der Waals surface area contributed by atoms with Crippen LogP contribution in [0.3, 0.4) is 0 Å². The van der Waals surface area contributed by atoms with Crippen LogP contribution in [-0.4, -0.2) is 29.0 Å². The van der Waals surface area contributed by atoms with Gasteiger partial charge in [0.25, 0.3) is 0 Å². The number of rotatable bonds is 4. The van der Waals surface area contributed by atoms with E-state index in [1.54, 1.807) is 26.0 Å². The first-order chi connectivity index (χ1) is 18.2. The summed E-state index contributed by atoms with van der Waals surface area (Å²) >= 11 is 0. The van der Waals surface area contributed by atoms with Gasteiger partial charge in [0, 0.05) is 10.8 Å². The molecule has 7 atom stereocenters. The summed E-state index contributed by atoms with van der Waals surface area (Å²) in [5, 5.41) is 9.90. The van der Waals surface area contributed by atoms with Crippen LogP contribution < -0.4 is 5.73 Å². The fraction of sp³-hybridized carbons (Fsp3) is 0.727. The fourth-order valence-corrected chi connectivity index (χ4v) is 8.74. The Labute approximate surface area is 239 Å². The van der Waals surface area contributed by atoms with Crippen molar-refractivity contribution in [3.63, 3.8) is 0 Å². The van der Waals surface area contributed by atoms with E-state index >= 15 is 0 Å². The van der Waals surface area contributed by atoms with Gasteiger partial charge in [0.05, 0.1) is 11.0 Å². The number of allylic oxidation sites excluding steroid dienone is 3. The van der Waals surface area contributed by atoms with Gasteiger partial charge in [-0.2, -0.15) is 5.26 Å². The highest BCUT2D eigenvalue weighted by Gasteiger charge is 2.72. The highest BCUT2D eigenvalue weighted by atomic mass is 16.6. The molecule has 0 bridgehead atoms. The molecule has 1 heterocycles. The number of hydrogen-bond acceptors (Lipinski definition) is 6. The highest BCUT2D eigenvalue weighted by molar-refractivity contribution is 6.16. The van der Waals surface area contributed by atoms with Crippen LogP contribution in [0.15, 0.2) is 23.3 Å². The Hall–Kier alpha value is -2.75. The number of nitrogens with zero attached hydrogens (tertiary/aromatic N) is 1. The first-order valence-electron chi connectivity index (χ1n) is 14.7. The Balaban J connectivity index is 1.90. The van der Waals surface area contributed by atoms with Gasteiger partial charge in [-0.15, -0.1) is 0 Å². The highest BCUT2D eigenvalue weighted by Crippen LogP contribution is 2.72. The van der Waals surface area contributed by atoms with E-state index < -0.39 is 50.3 Å². The smallest absolute Gasteiger partial charge is 0.313 e. The average molecular weight is 551 g/mol. The van der Waals surface area contributed by atoms with Crippen molar-refractivity contribution in [3.8, 4) is 6.07 Å². The molecular weight excluding hydrogens is 504 g/mol. The van der Waals surface area contributed by atoms with Gasteiger partial charge in [0.2, 0.25) is 5.91 Å². The topological polar surface area (TPSA) is 127 Å². The molecule has 1 saturated heterocycles. The number of ether oxygens (including phenoxy) is 1. The molecule has 1 saturated carbocycles. The molecule has 1 amide bonds. The van der Waals surface area contributed by atoms with Crippen LogP contribution >= 0.6 is 0 Å². The second kappa shape index (κ2) is 8.87. The number of primary amides is 1. The van der Waals surface area contributed by atoms with Crippen LogP contribution in [0.2, 0.25) is 0 Å². The predicted octanol–water partition coefficient (Wildman–Crippen LogP) is 5.77. The van der Waals surface area contributed by atoms with Gasteiger partial charge in [-0.25, -0.2) is 0 Å². The maximum atomic E-state index is 14.2. The van der Waals surface area contributed by atoms with Crippen molar-refractivity contribution < 1.29 is 23.9 Å². The Bertz CT molecular complexity index is 1300. The van der Waals surface area contributed by atoms with E-state index in [0.29, 0.717) is 38.5 Å². The molecule has 218 valence electrons. The zero-order chi connectivity index (χ0) is 30.3. The predicted molar refractivity (Wildman–Crippen MR) is 151 cm³/mol. The molecule has 4 aliphatic rings. The van der Waals surface area contributed by atoms with E-state index in [1.165, 1.54) is 0 Å². The maximum absolute atomic E-state index is 14.2. The number of amides is 1. The lowest BCUT2D eigenvalue weighted by Gasteiger charge is -2.65. The minimum Gasteiger partial charge on any atom is -0.450 e. The number of carbonyl (C=O) groups excluding carboxylic acids is 4. The number of esters is 1. The van der Waals surface area contributed by atoms with Crippen LogP contribution in [0, 0.1) is 49.7 Å². The molecule has 0 spiro atoms. The average Bonchev–Trinajstić information content (AvgIpc) is 2.95. The van der Waals surface area contributed by atoms with Gasteiger partial charge in [0.15, 0.2) is 17.2 Å². The van der Waals surface area contributed by atoms with Crippen molar-refractivity contribution in [2.75, 3.05) is 0 Å². The van der Waals surface area contributed by atoms with Crippen LogP contribution in [-0.2, 0) is 23.9 Å². The summed E-state index contributed by atoms with van der Waals surface area (Å²) in [6.07, 6.45) is 7.74. The Morgan fingerprint density at radius 2 is 1.73 bits per heavy atom. The molecule has 7 nitrogen and oxygen atoms in total. The number of nitriles is 1. The molecule has 40 heavy (non-hydrogen) atoms. The molecule has 4 rings (SSSR count). The van der Waals surface area contributed by atoms with Crippen molar-refractivity contribution in [3.05, 3.63) is 23.3 Å². The van der Waals surface area contributed by atoms with E-state index in [0.717, 1.165) is 12.0 Å². The number of nitrogens with two attached hydrogens (primary N) is 1. The molecule has 0 aromatic heterocycles. The zero-order valence-corrected chi connectivity index (χ0v) is 25.7. The summed E-state index contributed by atoms with van der Waals surface area (Å²) in [5.41, 5.74) is 0.693. The van der Waals surface area contributed by atoms with Gasteiger partial charge in [-0.1, -0.05) is 54.5 Å². The van der Waals surface area contributed by atoms with Crippen LogP contribution in [0.5, 0.6) is 0 Å². The standard InChI is InChI=1S/C33H46N2O5/c1-10-33(15-13-27(2,3)4)16-14-30(7)29(6)12-11-21-28(5,18-20(19-34)24(37)31(21,8)25(35)38)22(29)17-23(36)32(30,9)40-26(33)39/h17-18,21H,10-16H2,1-9H3,(H2,35,38)/t21-,28+,29-,30+,31+,32-,33+/m1/s1. The Morgan fingerprint density at radius 3 is 2.25 bits per heavy atom. The summed E-state index contributed by atoms with van der Waals surface area (Å²) in [5.74, 6) is -2.40. The third kappa shape index (κ3) is 3.66. The lowest BCUT2D eigenvalue weighted by molar-refractivity contribution is -0.197. The van der Waals surface area contributed by atoms with E-state index in [4.69, 9.17) is 10.5 Å². The van der Waals surface area contributed by atoms with Crippen molar-refractivity contribution >= 4 is 23.4 Å². The molecule has 1 aliphatic heterocycles. The molecule has 2 fully saturated rings. The second-order valence-electron chi connectivity index (χ2n) is 15.1. The third-order valence-corrected chi connectivity index (χ3v) is 12.2. The summed E-state index contributed by atoms with van der Waals surface area (Å²) in [4.78, 5) is 54.3. The number of fused-ring (bicyclic) bond motifs is 5. The lowest BCUT2D eigenvalue weighted by Crippen LogP contribution is -2.67. The molecule has 2 N–H and O–H groups in total. The van der Waals surface area contributed by atoms with Gasteiger partial charge in [-0.3, -0.25) is 19.2 Å². The third-order valence-electron chi connectivity index (χ3n) is 12.2. The van der Waals surface area contributed by atoms with Crippen molar-refractivity contribution in [2.45, 2.75) is 113 Å². The van der Waals surface area contributed by atoms with Gasteiger partial charge >= 0.3 is 5.97 Å².